The summed E-state index contributed by atoms with van der Waals surface area (Å²) in [7, 11) is 3.35. The number of carbonyl (C=O) groups excluding carboxylic acids is 1. The van der Waals surface area contributed by atoms with Crippen LogP contribution >= 0.6 is 0 Å². The Morgan fingerprint density at radius 1 is 1.47 bits per heavy atom. The quantitative estimate of drug-likeness (QED) is 0.714. The summed E-state index contributed by atoms with van der Waals surface area (Å²) >= 11 is 0. The molecule has 0 saturated heterocycles. The number of aromatic carboxylic acids is 1. The normalized spacial score (nSPS) is 10.5. The SMILES string of the molecule is COCCCNC(=O)Cc1c(C(=O)O)c(C)cn1C. The highest BCUT2D eigenvalue weighted by Gasteiger charge is 2.19. The molecule has 1 rings (SSSR count). The first-order valence-electron chi connectivity index (χ1n) is 6.11. The molecule has 0 unspecified atom stereocenters. The van der Waals surface area contributed by atoms with Crippen molar-refractivity contribution in [2.75, 3.05) is 20.3 Å². The lowest BCUT2D eigenvalue weighted by molar-refractivity contribution is -0.120. The summed E-state index contributed by atoms with van der Waals surface area (Å²) < 4.78 is 6.57. The molecule has 0 saturated carbocycles. The van der Waals surface area contributed by atoms with Crippen LogP contribution in [0.5, 0.6) is 0 Å². The first-order chi connectivity index (χ1) is 8.97. The van der Waals surface area contributed by atoms with E-state index in [1.807, 2.05) is 0 Å². The van der Waals surface area contributed by atoms with Crippen molar-refractivity contribution in [2.24, 2.45) is 7.05 Å². The third-order valence-corrected chi connectivity index (χ3v) is 2.89. The largest absolute Gasteiger partial charge is 0.478 e. The molecule has 0 atom stereocenters. The molecule has 0 aliphatic heterocycles. The highest BCUT2D eigenvalue weighted by molar-refractivity contribution is 5.92. The summed E-state index contributed by atoms with van der Waals surface area (Å²) in [4.78, 5) is 22.9. The average Bonchev–Trinajstić information content (AvgIpc) is 2.60. The Morgan fingerprint density at radius 3 is 2.74 bits per heavy atom. The van der Waals surface area contributed by atoms with Crippen LogP contribution < -0.4 is 5.32 Å². The summed E-state index contributed by atoms with van der Waals surface area (Å²) in [6.07, 6.45) is 2.52. The number of ether oxygens (including phenoxy) is 1. The third-order valence-electron chi connectivity index (χ3n) is 2.89. The van der Waals surface area contributed by atoms with Crippen molar-refractivity contribution in [3.05, 3.63) is 23.0 Å². The van der Waals surface area contributed by atoms with E-state index in [0.29, 0.717) is 24.4 Å². The zero-order valence-corrected chi connectivity index (χ0v) is 11.5. The Labute approximate surface area is 112 Å². The van der Waals surface area contributed by atoms with Gasteiger partial charge in [0.15, 0.2) is 0 Å². The number of hydrogen-bond donors (Lipinski definition) is 2. The van der Waals surface area contributed by atoms with Crippen molar-refractivity contribution < 1.29 is 19.4 Å². The van der Waals surface area contributed by atoms with Gasteiger partial charge in [0.25, 0.3) is 0 Å². The molecule has 0 bridgehead atoms. The minimum Gasteiger partial charge on any atom is -0.478 e. The molecule has 1 aromatic rings. The van der Waals surface area contributed by atoms with Crippen LogP contribution in [-0.2, 0) is 23.0 Å². The summed E-state index contributed by atoms with van der Waals surface area (Å²) in [5, 5.41) is 11.9. The van der Waals surface area contributed by atoms with Gasteiger partial charge >= 0.3 is 5.97 Å². The Balaban J connectivity index is 2.66. The lowest BCUT2D eigenvalue weighted by Gasteiger charge is -2.07. The van der Waals surface area contributed by atoms with Crippen molar-refractivity contribution >= 4 is 11.9 Å². The molecule has 1 aromatic heterocycles. The van der Waals surface area contributed by atoms with Gasteiger partial charge in [-0.3, -0.25) is 4.79 Å². The fourth-order valence-corrected chi connectivity index (χ4v) is 2.00. The van der Waals surface area contributed by atoms with Crippen LogP contribution in [0.2, 0.25) is 0 Å². The van der Waals surface area contributed by atoms with Gasteiger partial charge in [0.05, 0.1) is 12.0 Å². The number of carboxylic acids is 1. The minimum atomic E-state index is -1.000. The molecule has 0 aliphatic carbocycles. The number of nitrogens with one attached hydrogen (secondary N) is 1. The fraction of sp³-hybridized carbons (Fsp3) is 0.538. The summed E-state index contributed by atoms with van der Waals surface area (Å²) in [6.45, 7) is 2.84. The number of aromatic nitrogens is 1. The molecule has 1 amide bonds. The van der Waals surface area contributed by atoms with E-state index in [1.165, 1.54) is 0 Å². The molecular formula is C13H20N2O4. The van der Waals surface area contributed by atoms with Crippen molar-refractivity contribution in [3.8, 4) is 0 Å². The number of nitrogens with zero attached hydrogens (tertiary/aromatic N) is 1. The zero-order valence-electron chi connectivity index (χ0n) is 11.5. The summed E-state index contributed by atoms with van der Waals surface area (Å²) in [5.74, 6) is -1.18. The van der Waals surface area contributed by atoms with Crippen LogP contribution in [-0.4, -0.2) is 41.8 Å². The zero-order chi connectivity index (χ0) is 14.4. The van der Waals surface area contributed by atoms with E-state index >= 15 is 0 Å². The number of carboxylic acid groups (broad SMARTS) is 1. The van der Waals surface area contributed by atoms with Crippen molar-refractivity contribution in [1.29, 1.82) is 0 Å². The number of hydrogen-bond acceptors (Lipinski definition) is 3. The van der Waals surface area contributed by atoms with Gasteiger partial charge in [-0.15, -0.1) is 0 Å². The molecule has 0 fully saturated rings. The number of amides is 1. The van der Waals surface area contributed by atoms with E-state index in [2.05, 4.69) is 5.32 Å². The molecule has 19 heavy (non-hydrogen) atoms. The van der Waals surface area contributed by atoms with Gasteiger partial charge in [0.2, 0.25) is 5.91 Å². The first kappa shape index (κ1) is 15.2. The molecule has 6 heteroatoms. The Bertz CT molecular complexity index is 465. The van der Waals surface area contributed by atoms with Gasteiger partial charge in [0, 0.05) is 39.2 Å². The monoisotopic (exact) mass is 268 g/mol. The minimum absolute atomic E-state index is 0.0684. The maximum atomic E-state index is 11.8. The molecule has 106 valence electrons. The number of methoxy groups -OCH3 is 1. The number of rotatable bonds is 7. The molecular weight excluding hydrogens is 248 g/mol. The summed E-state index contributed by atoms with van der Waals surface area (Å²) in [5.41, 5.74) is 1.40. The van der Waals surface area contributed by atoms with Crippen LogP contribution in [0.25, 0.3) is 0 Å². The standard InChI is InChI=1S/C13H20N2O4/c1-9-8-15(2)10(12(9)13(17)18)7-11(16)14-5-4-6-19-3/h8H,4-7H2,1-3H3,(H,14,16)(H,17,18). The smallest absolute Gasteiger partial charge is 0.337 e. The van der Waals surface area contributed by atoms with Gasteiger partial charge in [-0.2, -0.15) is 0 Å². The van der Waals surface area contributed by atoms with Crippen LogP contribution in [0, 0.1) is 6.92 Å². The van der Waals surface area contributed by atoms with Crippen LogP contribution in [0.3, 0.4) is 0 Å². The van der Waals surface area contributed by atoms with E-state index in [9.17, 15) is 9.59 Å². The summed E-state index contributed by atoms with van der Waals surface area (Å²) in [6, 6.07) is 0. The molecule has 0 spiro atoms. The topological polar surface area (TPSA) is 80.6 Å². The van der Waals surface area contributed by atoms with E-state index in [4.69, 9.17) is 9.84 Å². The van der Waals surface area contributed by atoms with Crippen molar-refractivity contribution in [1.82, 2.24) is 9.88 Å². The highest BCUT2D eigenvalue weighted by Crippen LogP contribution is 2.16. The number of carbonyl (C=O) groups is 2. The maximum absolute atomic E-state index is 11.8. The molecule has 6 nitrogen and oxygen atoms in total. The number of aryl methyl sites for hydroxylation is 2. The van der Waals surface area contributed by atoms with Gasteiger partial charge in [-0.25, -0.2) is 4.79 Å². The first-order valence-corrected chi connectivity index (χ1v) is 6.11. The second kappa shape index (κ2) is 6.94. The maximum Gasteiger partial charge on any atom is 0.337 e. The Hall–Kier alpha value is -1.82. The van der Waals surface area contributed by atoms with Crippen LogP contribution in [0.15, 0.2) is 6.20 Å². The van der Waals surface area contributed by atoms with E-state index < -0.39 is 5.97 Å². The van der Waals surface area contributed by atoms with Crippen molar-refractivity contribution in [3.63, 3.8) is 0 Å². The Morgan fingerprint density at radius 2 is 2.16 bits per heavy atom. The lowest BCUT2D eigenvalue weighted by atomic mass is 10.1. The average molecular weight is 268 g/mol. The van der Waals surface area contributed by atoms with Gasteiger partial charge < -0.3 is 19.7 Å². The van der Waals surface area contributed by atoms with Gasteiger partial charge in [0.1, 0.15) is 0 Å². The van der Waals surface area contributed by atoms with E-state index in [-0.39, 0.29) is 17.9 Å². The van der Waals surface area contributed by atoms with Crippen LogP contribution in [0.4, 0.5) is 0 Å². The predicted molar refractivity (Wildman–Crippen MR) is 70.3 cm³/mol. The third kappa shape index (κ3) is 4.10. The van der Waals surface area contributed by atoms with Crippen molar-refractivity contribution in [2.45, 2.75) is 19.8 Å². The van der Waals surface area contributed by atoms with Gasteiger partial charge in [-0.05, 0) is 18.9 Å². The fourth-order valence-electron chi connectivity index (χ4n) is 2.00. The van der Waals surface area contributed by atoms with E-state index in [1.54, 1.807) is 31.8 Å². The molecule has 2 N–H and O–H groups in total. The molecule has 0 aliphatic rings. The van der Waals surface area contributed by atoms with Gasteiger partial charge in [-0.1, -0.05) is 0 Å². The predicted octanol–water partition coefficient (Wildman–Crippen LogP) is 0.727. The van der Waals surface area contributed by atoms with Crippen LogP contribution in [0.1, 0.15) is 28.0 Å². The molecule has 0 aromatic carbocycles. The second-order valence-electron chi connectivity index (χ2n) is 4.42. The highest BCUT2D eigenvalue weighted by atomic mass is 16.5. The van der Waals surface area contributed by atoms with E-state index in [0.717, 1.165) is 6.42 Å². The molecule has 1 heterocycles. The molecule has 0 radical (unpaired) electrons. The lowest BCUT2D eigenvalue weighted by Crippen LogP contribution is -2.28. The second-order valence-corrected chi connectivity index (χ2v) is 4.42. The Kier molecular flexibility index (Phi) is 5.57.